The van der Waals surface area contributed by atoms with Crippen molar-refractivity contribution in [3.05, 3.63) is 115 Å². The number of nitrogens with zero attached hydrogens (tertiary/aromatic N) is 7. The minimum Gasteiger partial charge on any atom is -0.340 e. The van der Waals surface area contributed by atoms with Gasteiger partial charge >= 0.3 is 0 Å². The first-order valence-corrected chi connectivity index (χ1v) is 11.9. The van der Waals surface area contributed by atoms with Crippen LogP contribution in [0, 0.1) is 13.8 Å². The smallest absolute Gasteiger partial charge is 0.148 e. The lowest BCUT2D eigenvalue weighted by molar-refractivity contribution is 0.831. The van der Waals surface area contributed by atoms with Gasteiger partial charge in [0.05, 0.1) is 17.6 Å². The van der Waals surface area contributed by atoms with Crippen molar-refractivity contribution in [2.24, 2.45) is 0 Å². The maximum absolute atomic E-state index is 4.94. The average molecular weight is 485 g/mol. The molecule has 0 aliphatic heterocycles. The van der Waals surface area contributed by atoms with E-state index in [1.54, 1.807) is 18.6 Å². The van der Waals surface area contributed by atoms with Gasteiger partial charge < -0.3 is 5.32 Å². The summed E-state index contributed by atoms with van der Waals surface area (Å²) in [4.78, 5) is 13.2. The van der Waals surface area contributed by atoms with Crippen LogP contribution in [0.25, 0.3) is 33.8 Å². The third-order valence-electron chi connectivity index (χ3n) is 6.00. The molecular weight excluding hydrogens is 460 g/mol. The Bertz CT molecular complexity index is 1650. The molecule has 4 aromatic heterocycles. The number of rotatable bonds is 6. The number of anilines is 2. The Kier molecular flexibility index (Phi) is 5.74. The predicted molar refractivity (Wildman–Crippen MR) is 144 cm³/mol. The summed E-state index contributed by atoms with van der Waals surface area (Å²) in [6.45, 7) is 3.84. The van der Waals surface area contributed by atoms with Gasteiger partial charge in [-0.15, -0.1) is 0 Å². The molecule has 0 spiro atoms. The van der Waals surface area contributed by atoms with E-state index in [0.717, 1.165) is 56.9 Å². The van der Waals surface area contributed by atoms with Crippen molar-refractivity contribution in [2.45, 2.75) is 13.8 Å². The first-order valence-electron chi connectivity index (χ1n) is 11.9. The molecule has 37 heavy (non-hydrogen) atoms. The van der Waals surface area contributed by atoms with E-state index in [0.29, 0.717) is 0 Å². The standard InChI is InChI=1S/C29H24N8/c1-20-32-21(2)37(34-20)25-12-10-24(11-13-25)33-28-17-23(14-16-31-28)29-27(22-7-4-3-5-8-22)19-36(35-29)26-9-6-15-30-18-26/h3-19H,1-2H3,(H,31,33). The van der Waals surface area contributed by atoms with Crippen molar-refractivity contribution >= 4 is 11.5 Å². The summed E-state index contributed by atoms with van der Waals surface area (Å²) >= 11 is 0. The lowest BCUT2D eigenvalue weighted by Crippen LogP contribution is -2.00. The van der Waals surface area contributed by atoms with Gasteiger partial charge in [-0.05, 0) is 67.9 Å². The zero-order chi connectivity index (χ0) is 25.2. The van der Waals surface area contributed by atoms with Crippen molar-refractivity contribution in [1.82, 2.24) is 34.5 Å². The molecule has 4 heterocycles. The third-order valence-corrected chi connectivity index (χ3v) is 6.00. The fourth-order valence-corrected chi connectivity index (χ4v) is 4.28. The topological polar surface area (TPSA) is 86.3 Å². The molecule has 0 atom stereocenters. The number of hydrogen-bond donors (Lipinski definition) is 1. The van der Waals surface area contributed by atoms with Crippen LogP contribution in [0.15, 0.2) is 104 Å². The highest BCUT2D eigenvalue weighted by Crippen LogP contribution is 2.33. The van der Waals surface area contributed by atoms with E-state index in [-0.39, 0.29) is 0 Å². The summed E-state index contributed by atoms with van der Waals surface area (Å²) in [5.41, 5.74) is 6.73. The molecule has 6 rings (SSSR count). The summed E-state index contributed by atoms with van der Waals surface area (Å²) in [6.07, 6.45) is 7.40. The number of hydrogen-bond acceptors (Lipinski definition) is 6. The molecule has 180 valence electrons. The molecule has 0 saturated carbocycles. The number of nitrogens with one attached hydrogen (secondary N) is 1. The number of aromatic nitrogens is 7. The van der Waals surface area contributed by atoms with E-state index in [1.807, 2.05) is 96.1 Å². The SMILES string of the molecule is Cc1nc(C)n(-c2ccc(Nc3cc(-c4nn(-c5cccnc5)cc4-c4ccccc4)ccn3)cc2)n1. The third kappa shape index (κ3) is 4.60. The second kappa shape index (κ2) is 9.50. The Balaban J connectivity index is 1.33. The molecule has 0 saturated heterocycles. The molecule has 6 aromatic rings. The molecule has 1 N–H and O–H groups in total. The van der Waals surface area contributed by atoms with Crippen molar-refractivity contribution in [3.8, 4) is 33.8 Å². The zero-order valence-corrected chi connectivity index (χ0v) is 20.4. The van der Waals surface area contributed by atoms with Crippen LogP contribution in [-0.4, -0.2) is 34.5 Å². The minimum absolute atomic E-state index is 0.730. The minimum atomic E-state index is 0.730. The first kappa shape index (κ1) is 22.4. The van der Waals surface area contributed by atoms with Crippen LogP contribution in [0.5, 0.6) is 0 Å². The van der Waals surface area contributed by atoms with Gasteiger partial charge in [0.2, 0.25) is 0 Å². The highest BCUT2D eigenvalue weighted by molar-refractivity contribution is 5.82. The molecule has 0 radical (unpaired) electrons. The van der Waals surface area contributed by atoms with Gasteiger partial charge in [-0.3, -0.25) is 4.98 Å². The fourth-order valence-electron chi connectivity index (χ4n) is 4.28. The molecule has 0 amide bonds. The zero-order valence-electron chi connectivity index (χ0n) is 20.4. The largest absolute Gasteiger partial charge is 0.340 e. The normalized spacial score (nSPS) is 11.0. The van der Waals surface area contributed by atoms with Gasteiger partial charge in [-0.25, -0.2) is 19.3 Å². The van der Waals surface area contributed by atoms with E-state index in [2.05, 4.69) is 37.5 Å². The van der Waals surface area contributed by atoms with E-state index in [9.17, 15) is 0 Å². The van der Waals surface area contributed by atoms with Crippen LogP contribution in [0.3, 0.4) is 0 Å². The van der Waals surface area contributed by atoms with Crippen LogP contribution >= 0.6 is 0 Å². The number of benzene rings is 2. The Morgan fingerprint density at radius 1 is 0.757 bits per heavy atom. The summed E-state index contributed by atoms with van der Waals surface area (Å²) in [6, 6.07) is 26.2. The summed E-state index contributed by atoms with van der Waals surface area (Å²) < 4.78 is 3.70. The van der Waals surface area contributed by atoms with Crippen molar-refractivity contribution in [2.75, 3.05) is 5.32 Å². The molecule has 0 aliphatic carbocycles. The van der Waals surface area contributed by atoms with Crippen LogP contribution in [0.1, 0.15) is 11.6 Å². The second-order valence-corrected chi connectivity index (χ2v) is 8.63. The predicted octanol–water partition coefficient (Wildman–Crippen LogP) is 5.94. The fraction of sp³-hybridized carbons (Fsp3) is 0.0690. The summed E-state index contributed by atoms with van der Waals surface area (Å²) in [5.74, 6) is 2.34. The van der Waals surface area contributed by atoms with Crippen LogP contribution < -0.4 is 5.32 Å². The second-order valence-electron chi connectivity index (χ2n) is 8.63. The Morgan fingerprint density at radius 2 is 1.59 bits per heavy atom. The number of aryl methyl sites for hydroxylation is 2. The Hall–Kier alpha value is -5.11. The highest BCUT2D eigenvalue weighted by Gasteiger charge is 2.15. The van der Waals surface area contributed by atoms with Gasteiger partial charge in [0.15, 0.2) is 0 Å². The maximum atomic E-state index is 4.94. The Morgan fingerprint density at radius 3 is 2.32 bits per heavy atom. The maximum Gasteiger partial charge on any atom is 0.148 e. The average Bonchev–Trinajstić information content (AvgIpc) is 3.53. The first-order chi connectivity index (χ1) is 18.1. The van der Waals surface area contributed by atoms with Gasteiger partial charge in [0, 0.05) is 35.4 Å². The summed E-state index contributed by atoms with van der Waals surface area (Å²) in [7, 11) is 0. The quantitative estimate of drug-likeness (QED) is 0.315. The highest BCUT2D eigenvalue weighted by atomic mass is 15.3. The molecule has 8 nitrogen and oxygen atoms in total. The van der Waals surface area contributed by atoms with Crippen molar-refractivity contribution in [3.63, 3.8) is 0 Å². The van der Waals surface area contributed by atoms with Crippen molar-refractivity contribution < 1.29 is 0 Å². The molecule has 0 bridgehead atoms. The molecule has 2 aromatic carbocycles. The monoisotopic (exact) mass is 484 g/mol. The lowest BCUT2D eigenvalue weighted by atomic mass is 10.0. The molecule has 0 aliphatic rings. The van der Waals surface area contributed by atoms with Crippen LogP contribution in [-0.2, 0) is 0 Å². The van der Waals surface area contributed by atoms with Crippen LogP contribution in [0.2, 0.25) is 0 Å². The lowest BCUT2D eigenvalue weighted by Gasteiger charge is -2.09. The molecular formula is C29H24N8. The molecule has 8 heteroatoms. The van der Waals surface area contributed by atoms with Gasteiger partial charge in [-0.2, -0.15) is 10.2 Å². The number of pyridine rings is 2. The van der Waals surface area contributed by atoms with E-state index >= 15 is 0 Å². The molecule has 0 fully saturated rings. The van der Waals surface area contributed by atoms with Gasteiger partial charge in [0.25, 0.3) is 0 Å². The van der Waals surface area contributed by atoms with Gasteiger partial charge in [0.1, 0.15) is 23.2 Å². The van der Waals surface area contributed by atoms with Gasteiger partial charge in [-0.1, -0.05) is 30.3 Å². The van der Waals surface area contributed by atoms with E-state index in [1.165, 1.54) is 0 Å². The van der Waals surface area contributed by atoms with E-state index in [4.69, 9.17) is 5.10 Å². The van der Waals surface area contributed by atoms with Crippen LogP contribution in [0.4, 0.5) is 11.5 Å². The van der Waals surface area contributed by atoms with Crippen molar-refractivity contribution in [1.29, 1.82) is 0 Å². The summed E-state index contributed by atoms with van der Waals surface area (Å²) in [5, 5.41) is 12.8. The Labute approximate surface area is 214 Å². The van der Waals surface area contributed by atoms with E-state index < -0.39 is 0 Å². The molecule has 0 unspecified atom stereocenters.